The molecule has 5 aliphatic heterocycles. The third-order valence-corrected chi connectivity index (χ3v) is 15.5. The van der Waals surface area contributed by atoms with Gasteiger partial charge in [-0.25, -0.2) is 4.79 Å². The number of piperidine rings is 2. The molecule has 0 radical (unpaired) electrons. The van der Waals surface area contributed by atoms with Crippen LogP contribution in [0.15, 0.2) is 11.6 Å². The summed E-state index contributed by atoms with van der Waals surface area (Å²) in [6, 6.07) is 0. The first-order chi connectivity index (χ1) is 26.8. The summed E-state index contributed by atoms with van der Waals surface area (Å²) in [4.78, 5) is 27.9. The maximum Gasteiger partial charge on any atom is 0.333 e. The van der Waals surface area contributed by atoms with Crippen LogP contribution in [0.4, 0.5) is 0 Å². The number of hydrogen-bond acceptors (Lipinski definition) is 13. The number of hydrogen-bond donors (Lipinski definition) is 8. The van der Waals surface area contributed by atoms with Crippen LogP contribution in [0.2, 0.25) is 0 Å². The van der Waals surface area contributed by atoms with Gasteiger partial charge in [-0.3, -0.25) is 4.79 Å². The van der Waals surface area contributed by atoms with Gasteiger partial charge in [0.1, 0.15) is 17.5 Å². The number of nitrogens with two attached hydrogens (primary N) is 2. The van der Waals surface area contributed by atoms with Crippen molar-refractivity contribution in [1.82, 2.24) is 10.6 Å². The third kappa shape index (κ3) is 7.89. The van der Waals surface area contributed by atoms with Gasteiger partial charge in [-0.05, 0) is 115 Å². The maximum atomic E-state index is 14.3. The zero-order valence-corrected chi connectivity index (χ0v) is 33.6. The Hall–Kier alpha value is -1.96. The topological polar surface area (TPSA) is 219 Å². The predicted molar refractivity (Wildman–Crippen MR) is 208 cm³/mol. The number of nitrogens with one attached hydrogen (secondary N) is 2. The van der Waals surface area contributed by atoms with E-state index in [1.165, 1.54) is 0 Å². The van der Waals surface area contributed by atoms with E-state index >= 15 is 0 Å². The zero-order chi connectivity index (χ0) is 39.9. The fourth-order valence-electron chi connectivity index (χ4n) is 12.4. The monoisotopic (exact) mass is 784 g/mol. The molecule has 18 unspecified atom stereocenters. The first kappa shape index (κ1) is 42.2. The molecule has 18 atom stereocenters. The molecule has 314 valence electrons. The maximum absolute atomic E-state index is 14.3. The highest BCUT2D eigenvalue weighted by Gasteiger charge is 2.67. The average molecular weight is 785 g/mol. The molecule has 0 amide bonds. The Labute approximate surface area is 332 Å². The minimum absolute atomic E-state index is 0.0277. The molecule has 0 aromatic heterocycles. The highest BCUT2D eigenvalue weighted by Crippen LogP contribution is 2.60. The molecule has 0 aromatic carbocycles. The minimum Gasteiger partial charge on any atom is -0.456 e. The molecule has 13 nitrogen and oxygen atoms in total. The highest BCUT2D eigenvalue weighted by molar-refractivity contribution is 5.87. The van der Waals surface area contributed by atoms with Crippen molar-refractivity contribution in [3.8, 4) is 11.8 Å². The Bertz CT molecular complexity index is 1510. The van der Waals surface area contributed by atoms with Crippen LogP contribution in [0.5, 0.6) is 0 Å². The zero-order valence-electron chi connectivity index (χ0n) is 33.6. The van der Waals surface area contributed by atoms with E-state index in [4.69, 9.17) is 25.7 Å². The van der Waals surface area contributed by atoms with E-state index in [0.29, 0.717) is 37.8 Å². The van der Waals surface area contributed by atoms with Gasteiger partial charge in [-0.1, -0.05) is 18.4 Å². The first-order valence-corrected chi connectivity index (χ1v) is 21.6. The van der Waals surface area contributed by atoms with Gasteiger partial charge >= 0.3 is 5.97 Å². The summed E-state index contributed by atoms with van der Waals surface area (Å²) in [5, 5.41) is 52.9. The average Bonchev–Trinajstić information content (AvgIpc) is 3.18. The number of Topliss-reactive ketones (excluding diaryl/α,β-unsaturated/α-hetero) is 1. The molecule has 7 aliphatic rings. The van der Waals surface area contributed by atoms with Crippen molar-refractivity contribution in [3.63, 3.8) is 0 Å². The first-order valence-electron chi connectivity index (χ1n) is 21.6. The van der Waals surface area contributed by atoms with Crippen molar-refractivity contribution < 1.29 is 44.2 Å². The van der Waals surface area contributed by atoms with Crippen LogP contribution in [0.25, 0.3) is 0 Å². The third-order valence-electron chi connectivity index (χ3n) is 15.5. The molecular weight excluding hydrogens is 716 g/mol. The van der Waals surface area contributed by atoms with Crippen molar-refractivity contribution in [2.24, 2.45) is 64.2 Å². The molecule has 5 heterocycles. The van der Waals surface area contributed by atoms with Crippen LogP contribution in [-0.4, -0.2) is 113 Å². The van der Waals surface area contributed by atoms with Gasteiger partial charge in [0.25, 0.3) is 0 Å². The second-order valence-corrected chi connectivity index (χ2v) is 18.7. The van der Waals surface area contributed by atoms with Gasteiger partial charge in [0.05, 0.1) is 67.4 Å². The van der Waals surface area contributed by atoms with Gasteiger partial charge in [-0.15, -0.1) is 5.92 Å². The van der Waals surface area contributed by atoms with E-state index in [1.807, 2.05) is 6.92 Å². The molecule has 56 heavy (non-hydrogen) atoms. The number of aliphatic hydroxyl groups is 4. The normalized spacial score (nSPS) is 48.5. The van der Waals surface area contributed by atoms with Crippen molar-refractivity contribution >= 4 is 11.8 Å². The molecule has 0 aromatic rings. The van der Waals surface area contributed by atoms with Gasteiger partial charge in [0.2, 0.25) is 0 Å². The van der Waals surface area contributed by atoms with Gasteiger partial charge in [0.15, 0.2) is 0 Å². The fraction of sp³-hybridized carbons (Fsp3) is 0.860. The van der Waals surface area contributed by atoms with Crippen molar-refractivity contribution in [2.45, 2.75) is 152 Å². The van der Waals surface area contributed by atoms with Crippen LogP contribution in [0, 0.1) is 64.6 Å². The summed E-state index contributed by atoms with van der Waals surface area (Å²) in [5.74, 6) is 4.13. The lowest BCUT2D eigenvalue weighted by Gasteiger charge is -2.63. The Morgan fingerprint density at radius 2 is 1.86 bits per heavy atom. The lowest BCUT2D eigenvalue weighted by Crippen LogP contribution is -2.72. The van der Waals surface area contributed by atoms with Crippen LogP contribution in [-0.2, 0) is 23.8 Å². The van der Waals surface area contributed by atoms with Crippen LogP contribution in [0.3, 0.4) is 0 Å². The highest BCUT2D eigenvalue weighted by atomic mass is 16.6. The SMILES string of the molecule is CC=C(C)C(=O)OC1CC2C(O)C3C(=O)CC(CO)OC3C3C2OC1(C)C(CC1CCC(N)NC1)CC#CC(CO)(C1CCCC(O)C1)C3C1CCNC(N)C1. The summed E-state index contributed by atoms with van der Waals surface area (Å²) in [5.41, 5.74) is 11.3. The number of aliphatic hydroxyl groups excluding tert-OH is 4. The fourth-order valence-corrected chi connectivity index (χ4v) is 12.4. The second-order valence-electron chi connectivity index (χ2n) is 18.7. The van der Waals surface area contributed by atoms with E-state index < -0.39 is 77.3 Å². The van der Waals surface area contributed by atoms with Crippen molar-refractivity contribution in [1.29, 1.82) is 0 Å². The summed E-state index contributed by atoms with van der Waals surface area (Å²) in [6.45, 7) is 6.33. The van der Waals surface area contributed by atoms with Crippen molar-refractivity contribution in [2.75, 3.05) is 26.3 Å². The van der Waals surface area contributed by atoms with E-state index in [0.717, 1.165) is 45.1 Å². The molecule has 2 bridgehead atoms. The van der Waals surface area contributed by atoms with E-state index in [1.54, 1.807) is 19.9 Å². The Kier molecular flexibility index (Phi) is 13.1. The van der Waals surface area contributed by atoms with E-state index in [2.05, 4.69) is 22.5 Å². The number of esters is 1. The number of allylic oxidation sites excluding steroid dienone is 1. The standard InChI is InChI=1S/C43H68N4O9/c1-4-23(2)41(53)55-32-19-30-38(52)35-31(51)18-29(21-48)54-40(35)36-37(25-12-14-46-34(45)16-25)43(22-49,27-7-5-9-28(50)17-27)13-6-8-26(42(32,3)56-39(30)36)15-24-10-11-33(44)47-20-24/h4,24-30,32-40,46-50,52H,5,7-12,14-22,44-45H2,1-3H3. The molecule has 7 rings (SSSR count). The summed E-state index contributed by atoms with van der Waals surface area (Å²) in [7, 11) is 0. The minimum atomic E-state index is -1.16. The number of fused-ring (bicyclic) bond motifs is 3. The smallest absolute Gasteiger partial charge is 0.333 e. The lowest BCUT2D eigenvalue weighted by atomic mass is 9.48. The molecule has 0 spiro atoms. The van der Waals surface area contributed by atoms with Crippen LogP contribution >= 0.6 is 0 Å². The molecule has 6 fully saturated rings. The number of ketones is 1. The molecule has 4 saturated heterocycles. The largest absolute Gasteiger partial charge is 0.456 e. The summed E-state index contributed by atoms with van der Waals surface area (Å²) >= 11 is 0. The quantitative estimate of drug-likeness (QED) is 0.0996. The molecular formula is C43H68N4O9. The van der Waals surface area contributed by atoms with Gasteiger partial charge < -0.3 is 56.7 Å². The molecule has 10 N–H and O–H groups in total. The number of rotatable bonds is 8. The van der Waals surface area contributed by atoms with Crippen molar-refractivity contribution in [3.05, 3.63) is 11.6 Å². The number of ether oxygens (including phenoxy) is 3. The van der Waals surface area contributed by atoms with Crippen LogP contribution in [0.1, 0.15) is 97.8 Å². The second kappa shape index (κ2) is 17.3. The number of carbonyl (C=O) groups excluding carboxylic acids is 2. The molecule has 2 aliphatic carbocycles. The summed E-state index contributed by atoms with van der Waals surface area (Å²) in [6.07, 6.45) is 3.85. The molecule has 2 saturated carbocycles. The van der Waals surface area contributed by atoms with Gasteiger partial charge in [-0.2, -0.15) is 0 Å². The predicted octanol–water partition coefficient (Wildman–Crippen LogP) is 1.48. The van der Waals surface area contributed by atoms with Gasteiger partial charge in [0, 0.05) is 36.2 Å². The van der Waals surface area contributed by atoms with E-state index in [9.17, 15) is 30.0 Å². The Balaban J connectivity index is 1.45. The summed E-state index contributed by atoms with van der Waals surface area (Å²) < 4.78 is 20.9. The molecule has 13 heteroatoms. The van der Waals surface area contributed by atoms with E-state index in [-0.39, 0.29) is 67.8 Å². The van der Waals surface area contributed by atoms with Crippen LogP contribution < -0.4 is 22.1 Å². The Morgan fingerprint density at radius 1 is 1.05 bits per heavy atom. The lowest BCUT2D eigenvalue weighted by molar-refractivity contribution is -0.308. The Morgan fingerprint density at radius 3 is 2.54 bits per heavy atom. The number of carbonyl (C=O) groups is 2.